The number of para-hydroxylation sites is 2. The van der Waals surface area contributed by atoms with Crippen LogP contribution in [0.1, 0.15) is 16.3 Å². The molecule has 2 N–H and O–H groups in total. The minimum Gasteiger partial charge on any atom is -0.506 e. The monoisotopic (exact) mass is 361 g/mol. The fourth-order valence-electron chi connectivity index (χ4n) is 3.08. The molecular formula is C21H19N3OS. The van der Waals surface area contributed by atoms with Crippen molar-refractivity contribution >= 4 is 33.1 Å². The summed E-state index contributed by atoms with van der Waals surface area (Å²) in [5, 5.41) is 14.4. The maximum Gasteiger partial charge on any atom is 0.143 e. The third-order valence-electron chi connectivity index (χ3n) is 4.34. The summed E-state index contributed by atoms with van der Waals surface area (Å²) in [5.74, 6) is 1.61. The van der Waals surface area contributed by atoms with Crippen LogP contribution >= 0.6 is 11.3 Å². The Bertz CT molecular complexity index is 1100. The Balaban J connectivity index is 1.95. The van der Waals surface area contributed by atoms with E-state index in [1.54, 1.807) is 23.5 Å². The van der Waals surface area contributed by atoms with Crippen LogP contribution in [0.2, 0.25) is 0 Å². The predicted molar refractivity (Wildman–Crippen MR) is 108 cm³/mol. The third-order valence-corrected chi connectivity index (χ3v) is 5.34. The molecule has 2 aromatic carbocycles. The van der Waals surface area contributed by atoms with Crippen molar-refractivity contribution in [1.82, 2.24) is 9.97 Å². The molecule has 0 unspecified atom stereocenters. The molecule has 0 radical (unpaired) electrons. The highest BCUT2D eigenvalue weighted by molar-refractivity contribution is 7.19. The van der Waals surface area contributed by atoms with Crippen molar-refractivity contribution in [2.45, 2.75) is 20.8 Å². The summed E-state index contributed by atoms with van der Waals surface area (Å²) in [5.41, 5.74) is 4.14. The largest absolute Gasteiger partial charge is 0.506 e. The van der Waals surface area contributed by atoms with Crippen LogP contribution in [0.4, 0.5) is 11.5 Å². The molecule has 0 fully saturated rings. The first-order valence-electron chi connectivity index (χ1n) is 8.42. The average molecular weight is 361 g/mol. The number of aromatic hydroxyl groups is 1. The quantitative estimate of drug-likeness (QED) is 0.457. The van der Waals surface area contributed by atoms with Gasteiger partial charge in [0.1, 0.15) is 22.2 Å². The molecule has 2 aromatic heterocycles. The molecule has 0 saturated carbocycles. The second kappa shape index (κ2) is 6.42. The number of hydrogen-bond donors (Lipinski definition) is 2. The zero-order valence-electron chi connectivity index (χ0n) is 14.9. The van der Waals surface area contributed by atoms with Crippen molar-refractivity contribution in [2.24, 2.45) is 0 Å². The van der Waals surface area contributed by atoms with Crippen molar-refractivity contribution in [3.8, 4) is 16.9 Å². The number of phenolic OH excluding ortho intramolecular Hbond substituents is 1. The SMILES string of the molecule is Cc1ccc(-c2c(C)sc3nc(C)nc(Nc4ccccc4O)c23)cc1. The van der Waals surface area contributed by atoms with Crippen LogP contribution < -0.4 is 5.32 Å². The molecule has 0 spiro atoms. The summed E-state index contributed by atoms with van der Waals surface area (Å²) >= 11 is 1.67. The van der Waals surface area contributed by atoms with Gasteiger partial charge in [-0.2, -0.15) is 0 Å². The van der Waals surface area contributed by atoms with E-state index in [9.17, 15) is 5.11 Å². The first kappa shape index (κ1) is 16.5. The topological polar surface area (TPSA) is 58.0 Å². The van der Waals surface area contributed by atoms with Crippen LogP contribution in [-0.2, 0) is 0 Å². The van der Waals surface area contributed by atoms with Crippen molar-refractivity contribution in [3.63, 3.8) is 0 Å². The summed E-state index contributed by atoms with van der Waals surface area (Å²) in [6.45, 7) is 6.08. The second-order valence-electron chi connectivity index (χ2n) is 6.34. The van der Waals surface area contributed by atoms with Gasteiger partial charge in [-0.3, -0.25) is 0 Å². The van der Waals surface area contributed by atoms with E-state index in [0.717, 1.165) is 21.3 Å². The highest BCUT2D eigenvalue weighted by atomic mass is 32.1. The van der Waals surface area contributed by atoms with Gasteiger partial charge in [0.2, 0.25) is 0 Å². The molecule has 4 rings (SSSR count). The van der Waals surface area contributed by atoms with E-state index in [0.29, 0.717) is 17.3 Å². The van der Waals surface area contributed by atoms with E-state index >= 15 is 0 Å². The molecule has 0 aliphatic heterocycles. The zero-order chi connectivity index (χ0) is 18.3. The number of nitrogens with zero attached hydrogens (tertiary/aromatic N) is 2. The Labute approximate surface area is 156 Å². The van der Waals surface area contributed by atoms with Gasteiger partial charge in [0, 0.05) is 10.4 Å². The summed E-state index contributed by atoms with van der Waals surface area (Å²) in [6, 6.07) is 15.7. The Morgan fingerprint density at radius 2 is 1.65 bits per heavy atom. The molecule has 26 heavy (non-hydrogen) atoms. The minimum atomic E-state index is 0.195. The average Bonchev–Trinajstić information content (AvgIpc) is 2.93. The fourth-order valence-corrected chi connectivity index (χ4v) is 4.17. The lowest BCUT2D eigenvalue weighted by molar-refractivity contribution is 0.477. The number of anilines is 2. The number of rotatable bonds is 3. The van der Waals surface area contributed by atoms with Gasteiger partial charge in [-0.25, -0.2) is 9.97 Å². The Morgan fingerprint density at radius 3 is 2.38 bits per heavy atom. The molecule has 2 heterocycles. The Morgan fingerprint density at radius 1 is 0.923 bits per heavy atom. The third kappa shape index (κ3) is 2.91. The molecule has 0 aliphatic carbocycles. The van der Waals surface area contributed by atoms with E-state index in [2.05, 4.69) is 53.4 Å². The van der Waals surface area contributed by atoms with Gasteiger partial charge >= 0.3 is 0 Å². The zero-order valence-corrected chi connectivity index (χ0v) is 15.7. The van der Waals surface area contributed by atoms with Gasteiger partial charge in [0.25, 0.3) is 0 Å². The number of thiophene rings is 1. The fraction of sp³-hybridized carbons (Fsp3) is 0.143. The van der Waals surface area contributed by atoms with Gasteiger partial charge in [0.05, 0.1) is 11.1 Å². The molecular weight excluding hydrogens is 342 g/mol. The maximum atomic E-state index is 10.1. The van der Waals surface area contributed by atoms with Crippen LogP contribution in [-0.4, -0.2) is 15.1 Å². The van der Waals surface area contributed by atoms with Gasteiger partial charge in [-0.1, -0.05) is 42.0 Å². The number of benzene rings is 2. The molecule has 130 valence electrons. The summed E-state index contributed by atoms with van der Waals surface area (Å²) < 4.78 is 0. The second-order valence-corrected chi connectivity index (χ2v) is 7.54. The molecule has 5 heteroatoms. The van der Waals surface area contributed by atoms with Crippen molar-refractivity contribution in [2.75, 3.05) is 5.32 Å². The predicted octanol–water partition coefficient (Wildman–Crippen LogP) is 5.73. The Hall–Kier alpha value is -2.92. The van der Waals surface area contributed by atoms with Crippen molar-refractivity contribution in [3.05, 3.63) is 64.8 Å². The number of fused-ring (bicyclic) bond motifs is 1. The van der Waals surface area contributed by atoms with Crippen LogP contribution in [0.15, 0.2) is 48.5 Å². The first-order valence-corrected chi connectivity index (χ1v) is 9.24. The lowest BCUT2D eigenvalue weighted by Crippen LogP contribution is -1.98. The smallest absolute Gasteiger partial charge is 0.143 e. The van der Waals surface area contributed by atoms with Crippen LogP contribution in [0.3, 0.4) is 0 Å². The maximum absolute atomic E-state index is 10.1. The van der Waals surface area contributed by atoms with E-state index in [1.165, 1.54) is 10.4 Å². The van der Waals surface area contributed by atoms with Crippen LogP contribution in [0, 0.1) is 20.8 Å². The molecule has 0 atom stereocenters. The van der Waals surface area contributed by atoms with E-state index in [1.807, 2.05) is 19.1 Å². The molecule has 0 aliphatic rings. The van der Waals surface area contributed by atoms with E-state index < -0.39 is 0 Å². The highest BCUT2D eigenvalue weighted by Gasteiger charge is 2.18. The number of aryl methyl sites for hydroxylation is 3. The van der Waals surface area contributed by atoms with Gasteiger partial charge in [-0.15, -0.1) is 11.3 Å². The lowest BCUT2D eigenvalue weighted by Gasteiger charge is -2.11. The molecule has 4 aromatic rings. The molecule has 0 bridgehead atoms. The molecule has 0 amide bonds. The summed E-state index contributed by atoms with van der Waals surface area (Å²) in [7, 11) is 0. The Kier molecular flexibility index (Phi) is 4.09. The highest BCUT2D eigenvalue weighted by Crippen LogP contribution is 2.42. The number of aromatic nitrogens is 2. The standard InChI is InChI=1S/C21H19N3OS/c1-12-8-10-15(11-9-12)18-13(2)26-21-19(18)20(22-14(3)23-21)24-16-6-4-5-7-17(16)25/h4-11,25H,1-3H3,(H,22,23,24). The van der Waals surface area contributed by atoms with Crippen molar-refractivity contribution < 1.29 is 5.11 Å². The minimum absolute atomic E-state index is 0.195. The van der Waals surface area contributed by atoms with Crippen LogP contribution in [0.25, 0.3) is 21.3 Å². The van der Waals surface area contributed by atoms with E-state index in [4.69, 9.17) is 0 Å². The van der Waals surface area contributed by atoms with Gasteiger partial charge in [0.15, 0.2) is 0 Å². The van der Waals surface area contributed by atoms with Crippen molar-refractivity contribution in [1.29, 1.82) is 0 Å². The number of phenols is 1. The molecule has 0 saturated heterocycles. The van der Waals surface area contributed by atoms with E-state index in [-0.39, 0.29) is 5.75 Å². The summed E-state index contributed by atoms with van der Waals surface area (Å²) in [4.78, 5) is 11.4. The normalized spacial score (nSPS) is 11.0. The van der Waals surface area contributed by atoms with Gasteiger partial charge < -0.3 is 10.4 Å². The van der Waals surface area contributed by atoms with Crippen LogP contribution in [0.5, 0.6) is 5.75 Å². The number of hydrogen-bond acceptors (Lipinski definition) is 5. The molecule has 4 nitrogen and oxygen atoms in total. The summed E-state index contributed by atoms with van der Waals surface area (Å²) in [6.07, 6.45) is 0. The van der Waals surface area contributed by atoms with Gasteiger partial charge in [-0.05, 0) is 38.5 Å². The number of nitrogens with one attached hydrogen (secondary N) is 1. The lowest BCUT2D eigenvalue weighted by atomic mass is 10.0. The first-order chi connectivity index (χ1) is 12.5.